The van der Waals surface area contributed by atoms with E-state index >= 15 is 0 Å². The summed E-state index contributed by atoms with van der Waals surface area (Å²) in [5.74, 6) is 0.902. The van der Waals surface area contributed by atoms with Crippen molar-refractivity contribution in [1.82, 2.24) is 10.2 Å². The van der Waals surface area contributed by atoms with Gasteiger partial charge in [-0.1, -0.05) is 11.6 Å². The fourth-order valence-electron chi connectivity index (χ4n) is 2.99. The van der Waals surface area contributed by atoms with Crippen LogP contribution in [0.2, 0.25) is 5.02 Å². The van der Waals surface area contributed by atoms with E-state index in [0.29, 0.717) is 0 Å². The van der Waals surface area contributed by atoms with E-state index < -0.39 is 0 Å². The van der Waals surface area contributed by atoms with Crippen molar-refractivity contribution in [2.75, 3.05) is 33.3 Å². The first-order chi connectivity index (χ1) is 10.7. The van der Waals surface area contributed by atoms with Gasteiger partial charge in [0.25, 0.3) is 0 Å². The van der Waals surface area contributed by atoms with Crippen LogP contribution >= 0.6 is 22.9 Å². The molecule has 2 aromatic rings. The van der Waals surface area contributed by atoms with Gasteiger partial charge in [-0.3, -0.25) is 4.90 Å². The van der Waals surface area contributed by atoms with Gasteiger partial charge < -0.3 is 10.1 Å². The average molecular weight is 337 g/mol. The molecule has 1 N–H and O–H groups in total. The molecular weight excluding hydrogens is 316 g/mol. The minimum absolute atomic E-state index is 0.203. The highest BCUT2D eigenvalue weighted by atomic mass is 35.5. The number of nitrogens with zero attached hydrogens (tertiary/aromatic N) is 1. The van der Waals surface area contributed by atoms with Gasteiger partial charge in [0, 0.05) is 46.5 Å². The Morgan fingerprint density at radius 3 is 2.64 bits per heavy atom. The first-order valence-electron chi connectivity index (χ1n) is 7.53. The second kappa shape index (κ2) is 7.01. The Hall–Kier alpha value is -1.07. The number of benzene rings is 1. The SMILES string of the molecule is COc1ccc(Cl)cc1C(c1ccc(C)s1)N1CCNCC1. The van der Waals surface area contributed by atoms with E-state index in [2.05, 4.69) is 29.3 Å². The van der Waals surface area contributed by atoms with Crippen LogP contribution < -0.4 is 10.1 Å². The number of rotatable bonds is 4. The van der Waals surface area contributed by atoms with Gasteiger partial charge in [0.2, 0.25) is 0 Å². The van der Waals surface area contributed by atoms with Gasteiger partial charge in [0.05, 0.1) is 13.2 Å². The summed E-state index contributed by atoms with van der Waals surface area (Å²) in [7, 11) is 1.72. The maximum atomic E-state index is 6.27. The lowest BCUT2D eigenvalue weighted by atomic mass is 10.0. The Kier molecular flexibility index (Phi) is 5.03. The van der Waals surface area contributed by atoms with Gasteiger partial charge in [-0.05, 0) is 37.3 Å². The van der Waals surface area contributed by atoms with E-state index in [4.69, 9.17) is 16.3 Å². The summed E-state index contributed by atoms with van der Waals surface area (Å²) in [6, 6.07) is 10.5. The number of halogens is 1. The molecule has 1 aliphatic rings. The molecule has 118 valence electrons. The van der Waals surface area contributed by atoms with Gasteiger partial charge in [0.1, 0.15) is 5.75 Å². The van der Waals surface area contributed by atoms with Crippen molar-refractivity contribution in [2.45, 2.75) is 13.0 Å². The largest absolute Gasteiger partial charge is 0.496 e. The summed E-state index contributed by atoms with van der Waals surface area (Å²) < 4.78 is 5.60. The fourth-order valence-corrected chi connectivity index (χ4v) is 4.20. The normalized spacial score (nSPS) is 17.4. The molecule has 0 saturated carbocycles. The van der Waals surface area contributed by atoms with Crippen molar-refractivity contribution in [3.8, 4) is 5.75 Å². The highest BCUT2D eigenvalue weighted by Gasteiger charge is 2.27. The molecule has 0 radical (unpaired) electrons. The Balaban J connectivity index is 2.06. The molecule has 1 aromatic carbocycles. The Bertz CT molecular complexity index is 637. The number of thiophene rings is 1. The molecule has 22 heavy (non-hydrogen) atoms. The summed E-state index contributed by atoms with van der Waals surface area (Å²) in [6.45, 7) is 6.24. The molecule has 1 aliphatic heterocycles. The van der Waals surface area contributed by atoms with Gasteiger partial charge in [0.15, 0.2) is 0 Å². The minimum Gasteiger partial charge on any atom is -0.496 e. The molecule has 0 spiro atoms. The van der Waals surface area contributed by atoms with Crippen LogP contribution in [0, 0.1) is 6.92 Å². The van der Waals surface area contributed by atoms with Crippen LogP contribution in [-0.2, 0) is 0 Å². The predicted octanol–water partition coefficient (Wildman–Crippen LogP) is 3.71. The summed E-state index contributed by atoms with van der Waals surface area (Å²) >= 11 is 8.12. The van der Waals surface area contributed by atoms with E-state index in [1.165, 1.54) is 9.75 Å². The van der Waals surface area contributed by atoms with Crippen LogP contribution in [0.25, 0.3) is 0 Å². The standard InChI is InChI=1S/C17H21ClN2OS/c1-12-3-6-16(22-12)17(20-9-7-19-8-10-20)14-11-13(18)4-5-15(14)21-2/h3-6,11,17,19H,7-10H2,1-2H3. The smallest absolute Gasteiger partial charge is 0.124 e. The molecule has 3 nitrogen and oxygen atoms in total. The maximum absolute atomic E-state index is 6.27. The van der Waals surface area contributed by atoms with Crippen LogP contribution in [0.5, 0.6) is 5.75 Å². The molecule has 0 amide bonds. The lowest BCUT2D eigenvalue weighted by molar-refractivity contribution is 0.197. The van der Waals surface area contributed by atoms with Crippen LogP contribution in [0.1, 0.15) is 21.4 Å². The number of ether oxygens (including phenoxy) is 1. The third kappa shape index (κ3) is 3.30. The van der Waals surface area contributed by atoms with Crippen LogP contribution in [0.4, 0.5) is 0 Å². The highest BCUT2D eigenvalue weighted by Crippen LogP contribution is 2.39. The second-order valence-electron chi connectivity index (χ2n) is 5.52. The topological polar surface area (TPSA) is 24.5 Å². The third-order valence-electron chi connectivity index (χ3n) is 4.03. The van der Waals surface area contributed by atoms with Crippen molar-refractivity contribution in [2.24, 2.45) is 0 Å². The van der Waals surface area contributed by atoms with E-state index in [0.717, 1.165) is 42.5 Å². The predicted molar refractivity (Wildman–Crippen MR) is 93.3 cm³/mol. The molecule has 1 unspecified atom stereocenters. The maximum Gasteiger partial charge on any atom is 0.124 e. The quantitative estimate of drug-likeness (QED) is 0.921. The van der Waals surface area contributed by atoms with Crippen LogP contribution in [0.15, 0.2) is 30.3 Å². The zero-order chi connectivity index (χ0) is 15.5. The zero-order valence-electron chi connectivity index (χ0n) is 12.9. The zero-order valence-corrected chi connectivity index (χ0v) is 14.5. The molecule has 0 aliphatic carbocycles. The summed E-state index contributed by atoms with van der Waals surface area (Å²) in [5, 5.41) is 4.18. The Labute approximate surface area is 140 Å². The van der Waals surface area contributed by atoms with E-state index in [1.807, 2.05) is 29.5 Å². The molecule has 2 heterocycles. The minimum atomic E-state index is 0.203. The van der Waals surface area contributed by atoms with Crippen molar-refractivity contribution in [3.05, 3.63) is 50.7 Å². The van der Waals surface area contributed by atoms with Crippen LogP contribution in [0.3, 0.4) is 0 Å². The summed E-state index contributed by atoms with van der Waals surface area (Å²) in [6.07, 6.45) is 0. The molecule has 1 aromatic heterocycles. The van der Waals surface area contributed by atoms with E-state index in [-0.39, 0.29) is 6.04 Å². The van der Waals surface area contributed by atoms with Crippen LogP contribution in [-0.4, -0.2) is 38.2 Å². The molecule has 1 fully saturated rings. The number of nitrogens with one attached hydrogen (secondary N) is 1. The second-order valence-corrected chi connectivity index (χ2v) is 7.28. The van der Waals surface area contributed by atoms with Crippen molar-refractivity contribution in [1.29, 1.82) is 0 Å². The van der Waals surface area contributed by atoms with Gasteiger partial charge in [-0.25, -0.2) is 0 Å². The summed E-state index contributed by atoms with van der Waals surface area (Å²) in [5.41, 5.74) is 1.15. The van der Waals surface area contributed by atoms with Crippen molar-refractivity contribution >= 4 is 22.9 Å². The average Bonchev–Trinajstić information content (AvgIpc) is 2.95. The number of hydrogen-bond acceptors (Lipinski definition) is 4. The van der Waals surface area contributed by atoms with E-state index in [1.54, 1.807) is 7.11 Å². The van der Waals surface area contributed by atoms with E-state index in [9.17, 15) is 0 Å². The molecule has 1 saturated heterocycles. The number of methoxy groups -OCH3 is 1. The molecule has 0 bridgehead atoms. The fraction of sp³-hybridized carbons (Fsp3) is 0.412. The number of piperazine rings is 1. The Morgan fingerprint density at radius 2 is 2.00 bits per heavy atom. The Morgan fingerprint density at radius 1 is 1.23 bits per heavy atom. The van der Waals surface area contributed by atoms with Gasteiger partial charge >= 0.3 is 0 Å². The third-order valence-corrected chi connectivity index (χ3v) is 5.32. The monoisotopic (exact) mass is 336 g/mol. The molecule has 3 rings (SSSR count). The highest BCUT2D eigenvalue weighted by molar-refractivity contribution is 7.12. The molecule has 5 heteroatoms. The first kappa shape index (κ1) is 15.8. The molecular formula is C17H21ClN2OS. The first-order valence-corrected chi connectivity index (χ1v) is 8.73. The molecule has 1 atom stereocenters. The number of aryl methyl sites for hydroxylation is 1. The lowest BCUT2D eigenvalue weighted by Gasteiger charge is -2.35. The van der Waals surface area contributed by atoms with Gasteiger partial charge in [-0.2, -0.15) is 0 Å². The lowest BCUT2D eigenvalue weighted by Crippen LogP contribution is -2.45. The summed E-state index contributed by atoms with van der Waals surface area (Å²) in [4.78, 5) is 5.19. The van der Waals surface area contributed by atoms with Gasteiger partial charge in [-0.15, -0.1) is 11.3 Å². The van der Waals surface area contributed by atoms with Crippen molar-refractivity contribution in [3.63, 3.8) is 0 Å². The number of hydrogen-bond donors (Lipinski definition) is 1. The van der Waals surface area contributed by atoms with Crippen molar-refractivity contribution < 1.29 is 4.74 Å².